The van der Waals surface area contributed by atoms with Gasteiger partial charge in [0, 0.05) is 24.2 Å². The highest BCUT2D eigenvalue weighted by atomic mass is 15.1. The van der Waals surface area contributed by atoms with E-state index < -0.39 is 0 Å². The molecule has 0 aliphatic carbocycles. The Balaban J connectivity index is 3.04. The second kappa shape index (κ2) is 7.15. The molecule has 0 aromatic carbocycles. The lowest BCUT2D eigenvalue weighted by Gasteiger charge is -2.51. The average Bonchev–Trinajstić information content (AvgIpc) is 2.44. The zero-order valence-corrected chi connectivity index (χ0v) is 14.9. The summed E-state index contributed by atoms with van der Waals surface area (Å²) in [7, 11) is 0. The van der Waals surface area contributed by atoms with Crippen molar-refractivity contribution in [1.29, 1.82) is 0 Å². The van der Waals surface area contributed by atoms with Gasteiger partial charge in [0.2, 0.25) is 0 Å². The number of hydrogen-bond acceptors (Lipinski definition) is 1. The predicted octanol–water partition coefficient (Wildman–Crippen LogP) is 5.73. The second-order valence-electron chi connectivity index (χ2n) is 7.05. The molecule has 1 fully saturated rings. The number of piperidine rings is 1. The fourth-order valence-corrected chi connectivity index (χ4v) is 3.66. The summed E-state index contributed by atoms with van der Waals surface area (Å²) in [5.41, 5.74) is 3.17. The molecule has 1 aliphatic heterocycles. The van der Waals surface area contributed by atoms with Crippen LogP contribution in [0, 0.1) is 10.8 Å². The lowest BCUT2D eigenvalue weighted by molar-refractivity contribution is 0.0546. The zero-order valence-electron chi connectivity index (χ0n) is 14.9. The number of likely N-dealkylation sites (tertiary alicyclic amines) is 1. The third kappa shape index (κ3) is 3.70. The van der Waals surface area contributed by atoms with E-state index in [4.69, 9.17) is 0 Å². The van der Waals surface area contributed by atoms with E-state index in [1.165, 1.54) is 18.4 Å². The summed E-state index contributed by atoms with van der Waals surface area (Å²) in [6.45, 7) is 19.9. The first-order valence-corrected chi connectivity index (χ1v) is 8.18. The summed E-state index contributed by atoms with van der Waals surface area (Å²) in [5.74, 6) is 0. The van der Waals surface area contributed by atoms with E-state index in [9.17, 15) is 0 Å². The van der Waals surface area contributed by atoms with E-state index in [0.717, 1.165) is 18.8 Å². The molecule has 1 saturated heterocycles. The van der Waals surface area contributed by atoms with Crippen LogP contribution in [0.25, 0.3) is 0 Å². The van der Waals surface area contributed by atoms with Crippen LogP contribution < -0.4 is 0 Å². The molecule has 1 nitrogen and oxygen atoms in total. The van der Waals surface area contributed by atoms with Crippen LogP contribution in [0.4, 0.5) is 0 Å². The predicted molar refractivity (Wildman–Crippen MR) is 95.2 cm³/mol. The minimum Gasteiger partial charge on any atom is -0.372 e. The third-order valence-corrected chi connectivity index (χ3v) is 5.03. The highest BCUT2D eigenvalue weighted by Gasteiger charge is 2.45. The van der Waals surface area contributed by atoms with Gasteiger partial charge in [0.15, 0.2) is 0 Å². The van der Waals surface area contributed by atoms with Gasteiger partial charge in [0.05, 0.1) is 0 Å². The number of nitrogens with zero attached hydrogens (tertiary/aromatic N) is 1. The standard InChI is InChI=1S/C20H33N/c1-8-11-17(4)21-15-13-20(14-16-21,19(5,6)7)18(10-3)12-9-2/h8-12H,4,13-16H2,1-3,5-7H3/b11-8+,12-9-,18-10+. The van der Waals surface area contributed by atoms with Gasteiger partial charge in [-0.2, -0.15) is 0 Å². The van der Waals surface area contributed by atoms with Gasteiger partial charge in [-0.1, -0.05) is 51.7 Å². The van der Waals surface area contributed by atoms with Crippen molar-refractivity contribution < 1.29 is 0 Å². The smallest absolute Gasteiger partial charge is 0.0289 e. The molecule has 0 radical (unpaired) electrons. The molecule has 0 unspecified atom stereocenters. The Hall–Kier alpha value is -1.24. The Kier molecular flexibility index (Phi) is 6.07. The lowest BCUT2D eigenvalue weighted by atomic mass is 9.57. The Morgan fingerprint density at radius 1 is 1.00 bits per heavy atom. The number of hydrogen-bond donors (Lipinski definition) is 0. The molecule has 0 amide bonds. The Labute approximate surface area is 132 Å². The fraction of sp³-hybridized carbons (Fsp3) is 0.600. The van der Waals surface area contributed by atoms with E-state index in [2.05, 4.69) is 83.4 Å². The van der Waals surface area contributed by atoms with Crippen molar-refractivity contribution in [2.24, 2.45) is 10.8 Å². The van der Waals surface area contributed by atoms with Crippen molar-refractivity contribution in [2.45, 2.75) is 54.4 Å². The largest absolute Gasteiger partial charge is 0.372 e. The quantitative estimate of drug-likeness (QED) is 0.597. The van der Waals surface area contributed by atoms with Crippen LogP contribution in [0.1, 0.15) is 54.4 Å². The molecule has 1 heterocycles. The maximum Gasteiger partial charge on any atom is 0.0289 e. The first-order valence-electron chi connectivity index (χ1n) is 8.18. The van der Waals surface area contributed by atoms with E-state index in [0.29, 0.717) is 0 Å². The maximum absolute atomic E-state index is 4.19. The van der Waals surface area contributed by atoms with E-state index in [1.54, 1.807) is 0 Å². The highest BCUT2D eigenvalue weighted by molar-refractivity contribution is 5.30. The summed E-state index contributed by atoms with van der Waals surface area (Å²) < 4.78 is 0. The van der Waals surface area contributed by atoms with Gasteiger partial charge >= 0.3 is 0 Å². The van der Waals surface area contributed by atoms with Crippen LogP contribution in [0.2, 0.25) is 0 Å². The molecular weight excluding hydrogens is 254 g/mol. The van der Waals surface area contributed by atoms with Crippen molar-refractivity contribution >= 4 is 0 Å². The average molecular weight is 287 g/mol. The summed E-state index contributed by atoms with van der Waals surface area (Å²) in [6.07, 6.45) is 13.4. The van der Waals surface area contributed by atoms with Gasteiger partial charge in [-0.15, -0.1) is 0 Å². The van der Waals surface area contributed by atoms with Crippen molar-refractivity contribution in [3.05, 3.63) is 48.2 Å². The summed E-state index contributed by atoms with van der Waals surface area (Å²) in [6, 6.07) is 0. The van der Waals surface area contributed by atoms with Gasteiger partial charge in [-0.25, -0.2) is 0 Å². The first kappa shape index (κ1) is 17.8. The minimum atomic E-state index is 0.265. The normalized spacial score (nSPS) is 20.5. The van der Waals surface area contributed by atoms with Gasteiger partial charge in [0.1, 0.15) is 0 Å². The Morgan fingerprint density at radius 2 is 1.52 bits per heavy atom. The lowest BCUT2D eigenvalue weighted by Crippen LogP contribution is -2.47. The monoisotopic (exact) mass is 287 g/mol. The Bertz CT molecular complexity index is 435. The SMILES string of the molecule is C=C(/C=C/C)N1CCC(C(/C=C\C)=C/C)(C(C)(C)C)CC1. The number of rotatable bonds is 4. The van der Waals surface area contributed by atoms with Gasteiger partial charge < -0.3 is 4.90 Å². The molecule has 0 atom stereocenters. The molecule has 118 valence electrons. The van der Waals surface area contributed by atoms with Gasteiger partial charge in [0.25, 0.3) is 0 Å². The van der Waals surface area contributed by atoms with Crippen LogP contribution in [0.3, 0.4) is 0 Å². The summed E-state index contributed by atoms with van der Waals surface area (Å²) >= 11 is 0. The molecule has 0 bridgehead atoms. The molecule has 0 aromatic rings. The molecule has 0 N–H and O–H groups in total. The third-order valence-electron chi connectivity index (χ3n) is 5.03. The highest BCUT2D eigenvalue weighted by Crippen LogP contribution is 2.52. The van der Waals surface area contributed by atoms with Gasteiger partial charge in [-0.3, -0.25) is 0 Å². The first-order chi connectivity index (χ1) is 9.82. The molecule has 1 heteroatoms. The van der Waals surface area contributed by atoms with Crippen molar-refractivity contribution in [1.82, 2.24) is 4.90 Å². The van der Waals surface area contributed by atoms with Crippen LogP contribution in [-0.2, 0) is 0 Å². The van der Waals surface area contributed by atoms with Crippen molar-refractivity contribution in [3.63, 3.8) is 0 Å². The zero-order chi connectivity index (χ0) is 16.1. The van der Waals surface area contributed by atoms with Crippen molar-refractivity contribution in [2.75, 3.05) is 13.1 Å². The summed E-state index contributed by atoms with van der Waals surface area (Å²) in [5, 5.41) is 0. The van der Waals surface area contributed by atoms with Crippen LogP contribution >= 0.6 is 0 Å². The van der Waals surface area contributed by atoms with Crippen LogP contribution in [0.15, 0.2) is 48.2 Å². The Morgan fingerprint density at radius 3 is 1.90 bits per heavy atom. The molecule has 0 saturated carbocycles. The summed E-state index contributed by atoms with van der Waals surface area (Å²) in [4.78, 5) is 2.42. The van der Waals surface area contributed by atoms with Crippen LogP contribution in [0.5, 0.6) is 0 Å². The molecule has 0 aromatic heterocycles. The minimum absolute atomic E-state index is 0.265. The molecule has 0 spiro atoms. The molecule has 1 aliphatic rings. The maximum atomic E-state index is 4.19. The molecule has 1 rings (SSSR count). The molecular formula is C20H33N. The van der Waals surface area contributed by atoms with Crippen molar-refractivity contribution in [3.8, 4) is 0 Å². The van der Waals surface area contributed by atoms with E-state index in [-0.39, 0.29) is 10.8 Å². The second-order valence-corrected chi connectivity index (χ2v) is 7.05. The van der Waals surface area contributed by atoms with E-state index in [1.807, 2.05) is 0 Å². The number of allylic oxidation sites excluding steroid dienone is 6. The van der Waals surface area contributed by atoms with Crippen LogP contribution in [-0.4, -0.2) is 18.0 Å². The fourth-order valence-electron chi connectivity index (χ4n) is 3.66. The topological polar surface area (TPSA) is 3.24 Å². The van der Waals surface area contributed by atoms with E-state index >= 15 is 0 Å². The van der Waals surface area contributed by atoms with Gasteiger partial charge in [-0.05, 0) is 50.7 Å². The molecule has 21 heavy (non-hydrogen) atoms.